The van der Waals surface area contributed by atoms with Gasteiger partial charge in [0.05, 0.1) is 33.8 Å². The van der Waals surface area contributed by atoms with Gasteiger partial charge >= 0.3 is 5.97 Å². The number of phosphoric ester groups is 1. The Balaban J connectivity index is 4.97. The van der Waals surface area contributed by atoms with Crippen LogP contribution in [0.2, 0.25) is 0 Å². The van der Waals surface area contributed by atoms with Gasteiger partial charge in [-0.15, -0.1) is 0 Å². The lowest BCUT2D eigenvalue weighted by Crippen LogP contribution is -2.47. The van der Waals surface area contributed by atoms with Gasteiger partial charge in [0.1, 0.15) is 19.3 Å². The molecule has 0 rings (SSSR count). The number of allylic oxidation sites excluding steroid dienone is 9. The van der Waals surface area contributed by atoms with Crippen molar-refractivity contribution >= 4 is 19.7 Å². The molecule has 3 unspecified atom stereocenters. The SMILES string of the molecule is CCCCC/C=C\C/C=C\C/C=C\C/C=C\CCCCCCCCCCCCCC(=O)OC(/C=C/CCCCCCCCCCCCC)C(COP(=O)([O-])OCC[N+](C)(C)C)NC(=O)CCCCCCCCCCCCCCCCCCCCCCCCCCC. The quantitative estimate of drug-likeness (QED) is 0.0212. The number of carbonyl (C=O) groups is 2. The number of likely N-dealkylation sites (N-methyl/N-ethyl adjacent to an activating group) is 1. The van der Waals surface area contributed by atoms with Crippen molar-refractivity contribution in [2.24, 2.45) is 0 Å². The van der Waals surface area contributed by atoms with Crippen LogP contribution in [0.4, 0.5) is 0 Å². The van der Waals surface area contributed by atoms with Gasteiger partial charge in [0.15, 0.2) is 0 Å². The number of carbonyl (C=O) groups excluding carboxylic acids is 2. The Morgan fingerprint density at radius 3 is 1.02 bits per heavy atom. The van der Waals surface area contributed by atoms with Gasteiger partial charge < -0.3 is 28.5 Å². The third-order valence-electron chi connectivity index (χ3n) is 18.0. The van der Waals surface area contributed by atoms with E-state index >= 15 is 0 Å². The summed E-state index contributed by atoms with van der Waals surface area (Å²) in [7, 11) is 1.20. The van der Waals surface area contributed by atoms with Gasteiger partial charge in [0.25, 0.3) is 7.82 Å². The lowest BCUT2D eigenvalue weighted by Gasteiger charge is -2.30. The molecule has 0 fully saturated rings. The molecule has 0 radical (unpaired) electrons. The Labute approximate surface area is 566 Å². The molecule has 91 heavy (non-hydrogen) atoms. The average molecular weight is 1300 g/mol. The molecule has 1 amide bonds. The zero-order chi connectivity index (χ0) is 66.3. The van der Waals surface area contributed by atoms with Gasteiger partial charge in [-0.25, -0.2) is 0 Å². The molecule has 0 saturated heterocycles. The molecule has 0 aromatic carbocycles. The highest BCUT2D eigenvalue weighted by atomic mass is 31.2. The molecule has 534 valence electrons. The van der Waals surface area contributed by atoms with Crippen LogP contribution in [0.5, 0.6) is 0 Å². The second-order valence-corrected chi connectivity index (χ2v) is 29.6. The molecule has 0 saturated carbocycles. The van der Waals surface area contributed by atoms with Crippen LogP contribution < -0.4 is 10.2 Å². The van der Waals surface area contributed by atoms with E-state index < -0.39 is 20.0 Å². The van der Waals surface area contributed by atoms with Crippen LogP contribution in [0.1, 0.15) is 393 Å². The molecule has 9 nitrogen and oxygen atoms in total. The summed E-state index contributed by atoms with van der Waals surface area (Å²) in [6, 6.07) is -0.890. The van der Waals surface area contributed by atoms with Crippen LogP contribution in [0.3, 0.4) is 0 Å². The third-order valence-corrected chi connectivity index (χ3v) is 18.9. The Bertz CT molecular complexity index is 1740. The highest BCUT2D eigenvalue weighted by molar-refractivity contribution is 7.45. The number of esters is 1. The van der Waals surface area contributed by atoms with E-state index in [1.165, 1.54) is 283 Å². The highest BCUT2D eigenvalue weighted by Gasteiger charge is 2.27. The normalized spacial score (nSPS) is 13.7. The minimum atomic E-state index is -4.71. The fourth-order valence-corrected chi connectivity index (χ4v) is 12.6. The molecule has 0 spiro atoms. The molecule has 1 N–H and O–H groups in total. The van der Waals surface area contributed by atoms with Crippen LogP contribution >= 0.6 is 7.82 Å². The van der Waals surface area contributed by atoms with Crippen LogP contribution in [-0.2, 0) is 27.9 Å². The molecule has 0 aromatic heterocycles. The van der Waals surface area contributed by atoms with Crippen molar-refractivity contribution in [1.29, 1.82) is 0 Å². The van der Waals surface area contributed by atoms with Crippen LogP contribution in [-0.4, -0.2) is 69.4 Å². The summed E-state index contributed by atoms with van der Waals surface area (Å²) in [5.41, 5.74) is 0. The third kappa shape index (κ3) is 71.8. The molecule has 0 aliphatic rings. The number of rotatable bonds is 73. The van der Waals surface area contributed by atoms with E-state index in [1.807, 2.05) is 33.3 Å². The minimum Gasteiger partial charge on any atom is -0.756 e. The molecule has 0 aliphatic heterocycles. The van der Waals surface area contributed by atoms with E-state index in [4.69, 9.17) is 13.8 Å². The molecular weight excluding hydrogens is 1140 g/mol. The van der Waals surface area contributed by atoms with E-state index in [9.17, 15) is 19.0 Å². The van der Waals surface area contributed by atoms with E-state index in [2.05, 4.69) is 74.7 Å². The number of nitrogens with one attached hydrogen (secondary N) is 1. The molecular formula is C81H153N2O7P. The molecule has 0 heterocycles. The first-order valence-corrected chi connectivity index (χ1v) is 41.1. The van der Waals surface area contributed by atoms with Crippen LogP contribution in [0.15, 0.2) is 60.8 Å². The predicted molar refractivity (Wildman–Crippen MR) is 395 cm³/mol. The first-order chi connectivity index (χ1) is 44.4. The predicted octanol–water partition coefficient (Wildman–Crippen LogP) is 25.1. The topological polar surface area (TPSA) is 114 Å². The van der Waals surface area contributed by atoms with Crippen molar-refractivity contribution in [3.63, 3.8) is 0 Å². The van der Waals surface area contributed by atoms with Gasteiger partial charge in [-0.2, -0.15) is 0 Å². The van der Waals surface area contributed by atoms with Crippen LogP contribution in [0.25, 0.3) is 0 Å². The smallest absolute Gasteiger partial charge is 0.306 e. The summed E-state index contributed by atoms with van der Waals surface area (Å²) >= 11 is 0. The van der Waals surface area contributed by atoms with E-state index in [0.29, 0.717) is 17.4 Å². The maximum Gasteiger partial charge on any atom is 0.306 e. The Morgan fingerprint density at radius 1 is 0.385 bits per heavy atom. The Morgan fingerprint density at radius 2 is 0.670 bits per heavy atom. The fraction of sp³-hybridized carbons (Fsp3) is 0.852. The zero-order valence-electron chi connectivity index (χ0n) is 61.3. The maximum atomic E-state index is 13.7. The second kappa shape index (κ2) is 70.5. The van der Waals surface area contributed by atoms with Crippen molar-refractivity contribution in [2.45, 2.75) is 405 Å². The summed E-state index contributed by atoms with van der Waals surface area (Å²) in [4.78, 5) is 40.3. The first-order valence-electron chi connectivity index (χ1n) is 39.6. The van der Waals surface area contributed by atoms with Crippen molar-refractivity contribution in [2.75, 3.05) is 40.9 Å². The van der Waals surface area contributed by atoms with Gasteiger partial charge in [0.2, 0.25) is 5.91 Å². The number of hydrogen-bond acceptors (Lipinski definition) is 7. The fourth-order valence-electron chi connectivity index (χ4n) is 11.9. The molecule has 10 heteroatoms. The van der Waals surface area contributed by atoms with Gasteiger partial charge in [0, 0.05) is 12.8 Å². The number of nitrogens with zero attached hydrogens (tertiary/aromatic N) is 1. The molecule has 0 aromatic rings. The number of ether oxygens (including phenoxy) is 1. The Hall–Kier alpha value is -2.29. The highest BCUT2D eigenvalue weighted by Crippen LogP contribution is 2.38. The lowest BCUT2D eigenvalue weighted by atomic mass is 10.0. The lowest BCUT2D eigenvalue weighted by molar-refractivity contribution is -0.870. The van der Waals surface area contributed by atoms with Crippen molar-refractivity contribution in [3.05, 3.63) is 60.8 Å². The largest absolute Gasteiger partial charge is 0.756 e. The molecule has 3 atom stereocenters. The van der Waals surface area contributed by atoms with Crippen molar-refractivity contribution in [1.82, 2.24) is 5.32 Å². The zero-order valence-corrected chi connectivity index (χ0v) is 62.2. The summed E-state index contributed by atoms with van der Waals surface area (Å²) in [6.07, 6.45) is 92.2. The standard InChI is InChI=1S/C81H153N2O7P/c1-7-10-13-16-19-22-25-28-30-32-34-36-38-40-41-43-45-47-49-51-53-56-59-62-65-68-71-74-81(85)90-79(72-69-66-63-60-57-54-27-24-21-18-15-12-9-3)78(77-89-91(86,87)88-76-75-83(4,5)6)82-80(84)73-70-67-64-61-58-55-52-50-48-46-44-42-39-37-35-33-31-29-26-23-20-17-14-11-8-2/h19,22,28,30,34,36,40-41,69,72,78-79H,7-18,20-21,23-27,29,31-33,35,37-39,42-68,70-71,73-77H2,1-6H3,(H-,82,84,86,87)/b22-19-,30-28-,36-34-,41-40-,72-69+. The number of phosphoric acid groups is 1. The number of amides is 1. The minimum absolute atomic E-state index is 0.0214. The Kier molecular flexibility index (Phi) is 68.7. The van der Waals surface area contributed by atoms with E-state index in [0.717, 1.165) is 77.0 Å². The van der Waals surface area contributed by atoms with Crippen LogP contribution in [0, 0.1) is 0 Å². The van der Waals surface area contributed by atoms with Gasteiger partial charge in [-0.1, -0.05) is 364 Å². The molecule has 0 aliphatic carbocycles. The van der Waals surface area contributed by atoms with E-state index in [-0.39, 0.29) is 31.5 Å². The monoisotopic (exact) mass is 1300 g/mol. The summed E-state index contributed by atoms with van der Waals surface area (Å²) in [5, 5.41) is 3.06. The number of unbranched alkanes of at least 4 members (excludes halogenated alkanes) is 49. The number of quaternary nitrogens is 1. The van der Waals surface area contributed by atoms with Gasteiger partial charge in [-0.05, 0) is 76.7 Å². The summed E-state index contributed by atoms with van der Waals surface area (Å²) in [5.74, 6) is -0.525. The first kappa shape index (κ1) is 88.7. The molecule has 0 bridgehead atoms. The van der Waals surface area contributed by atoms with Gasteiger partial charge in [-0.3, -0.25) is 14.2 Å². The van der Waals surface area contributed by atoms with E-state index in [1.54, 1.807) is 0 Å². The van der Waals surface area contributed by atoms with Crippen molar-refractivity contribution in [3.8, 4) is 0 Å². The maximum absolute atomic E-state index is 13.7. The average Bonchev–Trinajstić information content (AvgIpc) is 3.73. The summed E-state index contributed by atoms with van der Waals surface area (Å²) in [6.45, 7) is 6.88. The van der Waals surface area contributed by atoms with Crippen molar-refractivity contribution < 1.29 is 37.3 Å². The number of hydrogen-bond donors (Lipinski definition) is 1. The second-order valence-electron chi connectivity index (χ2n) is 28.2. The summed E-state index contributed by atoms with van der Waals surface area (Å²) < 4.78 is 30.6.